The van der Waals surface area contributed by atoms with Gasteiger partial charge in [-0.25, -0.2) is 0 Å². The third kappa shape index (κ3) is 1.30. The quantitative estimate of drug-likeness (QED) is 0.479. The van der Waals surface area contributed by atoms with Gasteiger partial charge in [0, 0.05) is 13.1 Å². The molecule has 0 radical (unpaired) electrons. The highest BCUT2D eigenvalue weighted by Crippen LogP contribution is 2.10. The molecule has 0 spiro atoms. The molecule has 1 aliphatic rings. The van der Waals surface area contributed by atoms with Crippen LogP contribution in [0.5, 0.6) is 0 Å². The lowest BCUT2D eigenvalue weighted by atomic mass is 9.99. The Morgan fingerprint density at radius 2 is 2.67 bits per heavy atom. The molecular weight excluding hydrogens is 112 g/mol. The Morgan fingerprint density at radius 1 is 1.89 bits per heavy atom. The summed E-state index contributed by atoms with van der Waals surface area (Å²) in [7, 11) is 0. The van der Waals surface area contributed by atoms with Crippen LogP contribution >= 0.6 is 0 Å². The second-order valence-corrected chi connectivity index (χ2v) is 2.29. The largest absolute Gasteiger partial charge is 0.312 e. The number of hydrogen-bond acceptors (Lipinski definition) is 2. The molecule has 9 heavy (non-hydrogen) atoms. The second-order valence-electron chi connectivity index (χ2n) is 2.29. The molecule has 1 heterocycles. The summed E-state index contributed by atoms with van der Waals surface area (Å²) in [6, 6.07) is 2.22. The van der Waals surface area contributed by atoms with E-state index in [9.17, 15) is 0 Å². The van der Waals surface area contributed by atoms with Crippen molar-refractivity contribution in [1.29, 1.82) is 5.26 Å². The van der Waals surface area contributed by atoms with Crippen molar-refractivity contribution in [2.24, 2.45) is 5.92 Å². The average Bonchev–Trinajstić information content (AvgIpc) is 1.89. The smallest absolute Gasteiger partial charge is 0.0795 e. The first-order valence-corrected chi connectivity index (χ1v) is 3.11. The third-order valence-electron chi connectivity index (χ3n) is 1.62. The summed E-state index contributed by atoms with van der Waals surface area (Å²) in [5, 5.41) is 11.6. The first-order valence-electron chi connectivity index (χ1n) is 3.11. The maximum Gasteiger partial charge on any atom is 0.0795 e. The molecular formula is C7H10N2. The van der Waals surface area contributed by atoms with Crippen LogP contribution in [0.2, 0.25) is 0 Å². The normalized spacial score (nSPS) is 26.7. The van der Waals surface area contributed by atoms with Crippen molar-refractivity contribution in [3.05, 3.63) is 11.6 Å². The molecule has 0 aromatic rings. The topological polar surface area (TPSA) is 35.8 Å². The van der Waals surface area contributed by atoms with Gasteiger partial charge in [-0.2, -0.15) is 5.26 Å². The van der Waals surface area contributed by atoms with Crippen LogP contribution < -0.4 is 5.32 Å². The number of nitrogens with one attached hydrogen (secondary N) is 1. The fourth-order valence-corrected chi connectivity index (χ4v) is 0.912. The van der Waals surface area contributed by atoms with Crippen molar-refractivity contribution < 1.29 is 0 Å². The van der Waals surface area contributed by atoms with Gasteiger partial charge < -0.3 is 5.32 Å². The summed E-state index contributed by atoms with van der Waals surface area (Å²) in [6.07, 6.45) is 2.07. The molecule has 1 rings (SSSR count). The average molecular weight is 122 g/mol. The van der Waals surface area contributed by atoms with Crippen LogP contribution in [0.1, 0.15) is 6.92 Å². The zero-order valence-corrected chi connectivity index (χ0v) is 5.52. The molecule has 2 nitrogen and oxygen atoms in total. The van der Waals surface area contributed by atoms with Gasteiger partial charge in [0.25, 0.3) is 0 Å². The number of rotatable bonds is 0. The van der Waals surface area contributed by atoms with E-state index in [1.54, 1.807) is 0 Å². The Labute approximate surface area is 55.2 Å². The molecule has 0 aromatic carbocycles. The van der Waals surface area contributed by atoms with Gasteiger partial charge >= 0.3 is 0 Å². The zero-order valence-electron chi connectivity index (χ0n) is 5.52. The SMILES string of the molecule is CC1=CCNCC1C#N. The fourth-order valence-electron chi connectivity index (χ4n) is 0.912. The van der Waals surface area contributed by atoms with Gasteiger partial charge in [-0.15, -0.1) is 0 Å². The van der Waals surface area contributed by atoms with Crippen molar-refractivity contribution in [3.63, 3.8) is 0 Å². The van der Waals surface area contributed by atoms with Gasteiger partial charge in [0.05, 0.1) is 12.0 Å². The van der Waals surface area contributed by atoms with Gasteiger partial charge in [0.15, 0.2) is 0 Å². The summed E-state index contributed by atoms with van der Waals surface area (Å²) < 4.78 is 0. The molecule has 48 valence electrons. The van der Waals surface area contributed by atoms with E-state index >= 15 is 0 Å². The lowest BCUT2D eigenvalue weighted by molar-refractivity contribution is 0.620. The number of hydrogen-bond donors (Lipinski definition) is 1. The standard InChI is InChI=1S/C7H10N2/c1-6-2-3-9-5-7(6)4-8/h2,7,9H,3,5H2,1H3. The fraction of sp³-hybridized carbons (Fsp3) is 0.571. The monoisotopic (exact) mass is 122 g/mol. The summed E-state index contributed by atoms with van der Waals surface area (Å²) in [5.74, 6) is 0.110. The molecule has 1 aliphatic heterocycles. The minimum absolute atomic E-state index is 0.110. The van der Waals surface area contributed by atoms with Gasteiger partial charge in [-0.05, 0) is 6.92 Å². The maximum atomic E-state index is 8.53. The maximum absolute atomic E-state index is 8.53. The molecule has 0 aromatic heterocycles. The Kier molecular flexibility index (Phi) is 1.86. The van der Waals surface area contributed by atoms with E-state index in [1.807, 2.05) is 6.92 Å². The van der Waals surface area contributed by atoms with E-state index in [1.165, 1.54) is 5.57 Å². The Balaban J connectivity index is 2.64. The summed E-state index contributed by atoms with van der Waals surface area (Å²) in [6.45, 7) is 3.75. The van der Waals surface area contributed by atoms with E-state index in [2.05, 4.69) is 17.5 Å². The van der Waals surface area contributed by atoms with Gasteiger partial charge in [0.2, 0.25) is 0 Å². The van der Waals surface area contributed by atoms with Crippen molar-refractivity contribution in [3.8, 4) is 6.07 Å². The highest BCUT2D eigenvalue weighted by Gasteiger charge is 2.11. The Bertz CT molecular complexity index is 164. The molecule has 1 atom stereocenters. The van der Waals surface area contributed by atoms with Crippen LogP contribution in [0.3, 0.4) is 0 Å². The van der Waals surface area contributed by atoms with Crippen molar-refractivity contribution >= 4 is 0 Å². The van der Waals surface area contributed by atoms with Crippen molar-refractivity contribution in [2.45, 2.75) is 6.92 Å². The minimum atomic E-state index is 0.110. The zero-order chi connectivity index (χ0) is 6.69. The molecule has 0 bridgehead atoms. The Hall–Kier alpha value is -0.810. The second kappa shape index (κ2) is 2.65. The molecule has 2 heteroatoms. The summed E-state index contributed by atoms with van der Waals surface area (Å²) >= 11 is 0. The van der Waals surface area contributed by atoms with Crippen molar-refractivity contribution in [2.75, 3.05) is 13.1 Å². The molecule has 1 unspecified atom stereocenters. The van der Waals surface area contributed by atoms with E-state index in [0.29, 0.717) is 0 Å². The van der Waals surface area contributed by atoms with Crippen LogP contribution in [0.4, 0.5) is 0 Å². The van der Waals surface area contributed by atoms with Gasteiger partial charge in [-0.1, -0.05) is 11.6 Å². The molecule has 0 fully saturated rings. The van der Waals surface area contributed by atoms with Crippen LogP contribution in [-0.2, 0) is 0 Å². The van der Waals surface area contributed by atoms with E-state index in [4.69, 9.17) is 5.26 Å². The van der Waals surface area contributed by atoms with Crippen LogP contribution in [0, 0.1) is 17.2 Å². The van der Waals surface area contributed by atoms with Crippen LogP contribution in [-0.4, -0.2) is 13.1 Å². The predicted molar refractivity (Wildman–Crippen MR) is 35.7 cm³/mol. The van der Waals surface area contributed by atoms with Crippen molar-refractivity contribution in [1.82, 2.24) is 5.32 Å². The Morgan fingerprint density at radius 3 is 3.11 bits per heavy atom. The van der Waals surface area contributed by atoms with E-state index in [-0.39, 0.29) is 5.92 Å². The molecule has 1 N–H and O–H groups in total. The molecule has 0 saturated heterocycles. The minimum Gasteiger partial charge on any atom is -0.312 e. The van der Waals surface area contributed by atoms with Crippen LogP contribution in [0.25, 0.3) is 0 Å². The summed E-state index contributed by atoms with van der Waals surface area (Å²) in [5.41, 5.74) is 1.20. The first-order chi connectivity index (χ1) is 4.34. The first kappa shape index (κ1) is 6.31. The number of nitrogens with zero attached hydrogens (tertiary/aromatic N) is 1. The molecule has 0 saturated carbocycles. The van der Waals surface area contributed by atoms with Gasteiger partial charge in [0.1, 0.15) is 0 Å². The van der Waals surface area contributed by atoms with E-state index < -0.39 is 0 Å². The highest BCUT2D eigenvalue weighted by atomic mass is 14.9. The molecule has 0 aliphatic carbocycles. The van der Waals surface area contributed by atoms with Gasteiger partial charge in [-0.3, -0.25) is 0 Å². The van der Waals surface area contributed by atoms with E-state index in [0.717, 1.165) is 13.1 Å². The highest BCUT2D eigenvalue weighted by molar-refractivity contribution is 5.15. The molecule has 0 amide bonds. The third-order valence-corrected chi connectivity index (χ3v) is 1.62. The lowest BCUT2D eigenvalue weighted by Crippen LogP contribution is -2.27. The predicted octanol–water partition coefficient (Wildman–Crippen LogP) is 0.676. The lowest BCUT2D eigenvalue weighted by Gasteiger charge is -2.15. The van der Waals surface area contributed by atoms with Crippen LogP contribution in [0.15, 0.2) is 11.6 Å². The summed E-state index contributed by atoms with van der Waals surface area (Å²) in [4.78, 5) is 0. The number of nitriles is 1.